The van der Waals surface area contributed by atoms with Gasteiger partial charge in [-0.05, 0) is 47.5 Å². The molecule has 0 saturated carbocycles. The summed E-state index contributed by atoms with van der Waals surface area (Å²) in [7, 11) is 3.91. The van der Waals surface area contributed by atoms with Gasteiger partial charge in [0, 0.05) is 24.1 Å². The molecular weight excluding hydrogens is 450 g/mol. The van der Waals surface area contributed by atoms with Crippen LogP contribution in [0.5, 0.6) is 5.75 Å². The van der Waals surface area contributed by atoms with Crippen molar-refractivity contribution in [1.29, 1.82) is 0 Å². The normalized spacial score (nSPS) is 20.9. The number of methoxy groups -OCH3 is 1. The van der Waals surface area contributed by atoms with E-state index in [4.69, 9.17) is 9.73 Å². The maximum atomic E-state index is 5.53. The molecule has 3 aliphatic rings. The second kappa shape index (κ2) is 9.25. The number of benzene rings is 3. The Morgan fingerprint density at radius 3 is 2.49 bits per heavy atom. The van der Waals surface area contributed by atoms with Gasteiger partial charge in [0.25, 0.3) is 0 Å². The number of hydrogen-bond donors (Lipinski definition) is 0. The van der Waals surface area contributed by atoms with Gasteiger partial charge in [-0.3, -0.25) is 4.90 Å². The molecule has 5 heteroatoms. The van der Waals surface area contributed by atoms with Crippen molar-refractivity contribution >= 4 is 28.7 Å². The Balaban J connectivity index is 1.50. The smallest absolute Gasteiger partial charge is 0.174 e. The number of thioether (sulfide) groups is 1. The largest absolute Gasteiger partial charge is 0.497 e. The first-order valence-corrected chi connectivity index (χ1v) is 12.7. The second-order valence-electron chi connectivity index (χ2n) is 9.06. The van der Waals surface area contributed by atoms with Gasteiger partial charge < -0.3 is 9.64 Å². The molecule has 1 atom stereocenters. The Kier molecular flexibility index (Phi) is 5.80. The van der Waals surface area contributed by atoms with Gasteiger partial charge in [-0.15, -0.1) is 0 Å². The maximum absolute atomic E-state index is 5.53. The molecule has 3 aliphatic heterocycles. The Hall–Kier alpha value is -3.54. The number of likely N-dealkylation sites (N-methyl/N-ethyl adjacent to an activating group) is 1. The van der Waals surface area contributed by atoms with Crippen LogP contribution in [0.4, 0.5) is 0 Å². The highest BCUT2D eigenvalue weighted by Gasteiger charge is 2.41. The van der Waals surface area contributed by atoms with Crippen molar-refractivity contribution in [1.82, 2.24) is 9.80 Å². The predicted molar refractivity (Wildman–Crippen MR) is 146 cm³/mol. The molecule has 3 heterocycles. The van der Waals surface area contributed by atoms with Crippen molar-refractivity contribution in [3.05, 3.63) is 124 Å². The molecule has 0 radical (unpaired) electrons. The van der Waals surface area contributed by atoms with Crippen molar-refractivity contribution in [3.8, 4) is 5.75 Å². The highest BCUT2D eigenvalue weighted by Crippen LogP contribution is 2.49. The van der Waals surface area contributed by atoms with Crippen LogP contribution in [0.25, 0.3) is 11.8 Å². The summed E-state index contributed by atoms with van der Waals surface area (Å²) >= 11 is 1.70. The van der Waals surface area contributed by atoms with E-state index in [9.17, 15) is 0 Å². The maximum Gasteiger partial charge on any atom is 0.174 e. The van der Waals surface area contributed by atoms with E-state index in [0.29, 0.717) is 0 Å². The van der Waals surface area contributed by atoms with E-state index in [1.54, 1.807) is 18.9 Å². The van der Waals surface area contributed by atoms with E-state index in [0.717, 1.165) is 41.0 Å². The van der Waals surface area contributed by atoms with Crippen LogP contribution in [0, 0.1) is 0 Å². The van der Waals surface area contributed by atoms with Crippen molar-refractivity contribution in [2.75, 3.05) is 27.2 Å². The standard InChI is InChI=1S/C30H27N3OS/c1-32-18-24(16-21-10-5-3-6-11-21)28-26(19-32)29(22-12-7-4-8-13-22)33-27(20-35-30(33)31-28)23-14-9-15-25(17-23)34-2/h3-17,20,29H,18-19H2,1-2H3/b24-16+/t29-/m1/s1. The van der Waals surface area contributed by atoms with Gasteiger partial charge in [-0.25, -0.2) is 4.99 Å². The van der Waals surface area contributed by atoms with Crippen molar-refractivity contribution < 1.29 is 4.74 Å². The first kappa shape index (κ1) is 22.0. The first-order valence-electron chi connectivity index (χ1n) is 11.8. The minimum Gasteiger partial charge on any atom is -0.497 e. The van der Waals surface area contributed by atoms with Crippen LogP contribution in [0.3, 0.4) is 0 Å². The zero-order valence-electron chi connectivity index (χ0n) is 19.9. The van der Waals surface area contributed by atoms with Gasteiger partial charge >= 0.3 is 0 Å². The fraction of sp³-hybridized carbons (Fsp3) is 0.167. The fourth-order valence-electron chi connectivity index (χ4n) is 5.10. The second-order valence-corrected chi connectivity index (χ2v) is 9.89. The van der Waals surface area contributed by atoms with Crippen molar-refractivity contribution in [3.63, 3.8) is 0 Å². The third-order valence-corrected chi connectivity index (χ3v) is 7.49. The number of ether oxygens (including phenoxy) is 1. The van der Waals surface area contributed by atoms with Crippen LogP contribution in [0.15, 0.2) is 112 Å². The molecule has 0 amide bonds. The summed E-state index contributed by atoms with van der Waals surface area (Å²) in [6.07, 6.45) is 2.29. The number of amidine groups is 1. The summed E-state index contributed by atoms with van der Waals surface area (Å²) in [6.45, 7) is 1.76. The summed E-state index contributed by atoms with van der Waals surface area (Å²) in [5.74, 6) is 0.859. The molecule has 0 N–H and O–H groups in total. The monoisotopic (exact) mass is 477 g/mol. The average molecular weight is 478 g/mol. The Labute approximate surface area is 210 Å². The summed E-state index contributed by atoms with van der Waals surface area (Å²) in [4.78, 5) is 10.1. The van der Waals surface area contributed by atoms with Crippen LogP contribution in [-0.2, 0) is 0 Å². The lowest BCUT2D eigenvalue weighted by Gasteiger charge is -2.42. The van der Waals surface area contributed by atoms with E-state index in [-0.39, 0.29) is 6.04 Å². The minimum absolute atomic E-state index is 0.0769. The third-order valence-electron chi connectivity index (χ3n) is 6.65. The molecule has 3 aromatic rings. The molecule has 0 saturated heterocycles. The van der Waals surface area contributed by atoms with Gasteiger partial charge in [-0.2, -0.15) is 0 Å². The molecule has 174 valence electrons. The van der Waals surface area contributed by atoms with Crippen molar-refractivity contribution in [2.24, 2.45) is 4.99 Å². The predicted octanol–water partition coefficient (Wildman–Crippen LogP) is 6.44. The van der Waals surface area contributed by atoms with E-state index in [1.165, 1.54) is 22.3 Å². The molecule has 0 bridgehead atoms. The zero-order chi connectivity index (χ0) is 23.8. The molecule has 3 aromatic carbocycles. The van der Waals surface area contributed by atoms with E-state index in [1.807, 2.05) is 6.07 Å². The van der Waals surface area contributed by atoms with Crippen LogP contribution in [0.2, 0.25) is 0 Å². The molecule has 35 heavy (non-hydrogen) atoms. The van der Waals surface area contributed by atoms with Gasteiger partial charge in [0.1, 0.15) is 5.75 Å². The number of rotatable bonds is 4. The molecular formula is C30H27N3OS. The lowest BCUT2D eigenvalue weighted by atomic mass is 9.88. The Morgan fingerprint density at radius 1 is 0.943 bits per heavy atom. The number of hydrogen-bond acceptors (Lipinski definition) is 5. The van der Waals surface area contributed by atoms with Crippen LogP contribution >= 0.6 is 11.8 Å². The van der Waals surface area contributed by atoms with Gasteiger partial charge in [-0.1, -0.05) is 84.6 Å². The molecule has 0 unspecified atom stereocenters. The number of fused-ring (bicyclic) bond motifs is 1. The number of aliphatic imine (C=N–C) groups is 1. The summed E-state index contributed by atoms with van der Waals surface area (Å²) < 4.78 is 5.53. The topological polar surface area (TPSA) is 28.1 Å². The van der Waals surface area contributed by atoms with E-state index in [2.05, 4.69) is 107 Å². The van der Waals surface area contributed by atoms with Gasteiger partial charge in [0.2, 0.25) is 0 Å². The number of nitrogens with zero attached hydrogens (tertiary/aromatic N) is 3. The lowest BCUT2D eigenvalue weighted by molar-refractivity contribution is 0.344. The van der Waals surface area contributed by atoms with Gasteiger partial charge in [0.05, 0.1) is 24.5 Å². The summed E-state index contributed by atoms with van der Waals surface area (Å²) in [5, 5.41) is 3.26. The van der Waals surface area contributed by atoms with Crippen LogP contribution < -0.4 is 4.74 Å². The quantitative estimate of drug-likeness (QED) is 0.432. The Bertz CT molecular complexity index is 1370. The summed E-state index contributed by atoms with van der Waals surface area (Å²) in [6, 6.07) is 29.8. The molecule has 0 fully saturated rings. The van der Waals surface area contributed by atoms with E-state index >= 15 is 0 Å². The molecule has 0 spiro atoms. The fourth-order valence-corrected chi connectivity index (χ4v) is 6.03. The zero-order valence-corrected chi connectivity index (χ0v) is 20.7. The SMILES string of the molecule is COc1cccc(C2=CSC3=NC4=C(CN(C)C/C4=C\c4ccccc4)[C@@H](c4ccccc4)N23)c1. The highest BCUT2D eigenvalue weighted by atomic mass is 32.2. The van der Waals surface area contributed by atoms with E-state index < -0.39 is 0 Å². The van der Waals surface area contributed by atoms with Crippen LogP contribution in [-0.4, -0.2) is 42.2 Å². The van der Waals surface area contributed by atoms with Gasteiger partial charge in [0.15, 0.2) is 5.17 Å². The Morgan fingerprint density at radius 2 is 1.71 bits per heavy atom. The minimum atomic E-state index is 0.0769. The highest BCUT2D eigenvalue weighted by molar-refractivity contribution is 8.16. The molecule has 0 aliphatic carbocycles. The molecule has 0 aromatic heterocycles. The van der Waals surface area contributed by atoms with Crippen molar-refractivity contribution in [2.45, 2.75) is 6.04 Å². The average Bonchev–Trinajstić information content (AvgIpc) is 3.32. The first-order chi connectivity index (χ1) is 17.2. The molecule has 4 nitrogen and oxygen atoms in total. The van der Waals surface area contributed by atoms with Crippen LogP contribution in [0.1, 0.15) is 22.7 Å². The third kappa shape index (κ3) is 4.11. The lowest BCUT2D eigenvalue weighted by Crippen LogP contribution is -2.40. The molecule has 6 rings (SSSR count). The summed E-state index contributed by atoms with van der Waals surface area (Å²) in [5.41, 5.74) is 8.53.